The van der Waals surface area contributed by atoms with Crippen LogP contribution in [0, 0.1) is 0 Å². The van der Waals surface area contributed by atoms with Gasteiger partial charge in [0.1, 0.15) is 0 Å². The number of nitrogens with zero attached hydrogens (tertiary/aromatic N) is 4. The van der Waals surface area contributed by atoms with Crippen molar-refractivity contribution in [1.82, 2.24) is 20.2 Å². The highest BCUT2D eigenvalue weighted by Crippen LogP contribution is 2.16. The molecule has 0 bridgehead atoms. The molecule has 6 heteroatoms. The van der Waals surface area contributed by atoms with Gasteiger partial charge in [0.15, 0.2) is 0 Å². The summed E-state index contributed by atoms with van der Waals surface area (Å²) in [5.74, 6) is 0.605. The van der Waals surface area contributed by atoms with Crippen LogP contribution < -0.4 is 5.73 Å². The minimum Gasteiger partial charge on any atom is -0.330 e. The molecule has 0 amide bonds. The van der Waals surface area contributed by atoms with Crippen LogP contribution in [0.3, 0.4) is 0 Å². The maximum Gasteiger partial charge on any atom is 0.204 e. The van der Waals surface area contributed by atoms with E-state index in [9.17, 15) is 0 Å². The largest absolute Gasteiger partial charge is 0.330 e. The van der Waals surface area contributed by atoms with Gasteiger partial charge in [-0.3, -0.25) is 0 Å². The summed E-state index contributed by atoms with van der Waals surface area (Å²) in [5.41, 5.74) is 6.31. The van der Waals surface area contributed by atoms with Crippen molar-refractivity contribution in [2.75, 3.05) is 6.54 Å². The lowest BCUT2D eigenvalue weighted by Crippen LogP contribution is -2.08. The molecule has 0 aliphatic carbocycles. The first-order chi connectivity index (χ1) is 7.79. The third-order valence-corrected chi connectivity index (χ3v) is 2.37. The molecule has 0 aliphatic rings. The summed E-state index contributed by atoms with van der Waals surface area (Å²) in [5, 5.41) is 12.8. The summed E-state index contributed by atoms with van der Waals surface area (Å²) >= 11 is 5.80. The Kier molecular flexibility index (Phi) is 3.48. The van der Waals surface area contributed by atoms with E-state index in [1.54, 1.807) is 16.9 Å². The number of aryl methyl sites for hydroxylation is 1. The minimum absolute atomic E-state index is 0.605. The van der Waals surface area contributed by atoms with Gasteiger partial charge in [0.25, 0.3) is 0 Å². The van der Waals surface area contributed by atoms with E-state index in [0.717, 1.165) is 12.0 Å². The lowest BCUT2D eigenvalue weighted by Gasteiger charge is -1.95. The fraction of sp³-hybridized carbons (Fsp3) is 0.300. The maximum absolute atomic E-state index is 5.80. The molecular formula is C10H12ClN5. The number of hydrogen-bond acceptors (Lipinski definition) is 4. The molecule has 0 saturated heterocycles. The Bertz CT molecular complexity index is 450. The second kappa shape index (κ2) is 5.05. The molecule has 2 rings (SSSR count). The van der Waals surface area contributed by atoms with Crippen LogP contribution >= 0.6 is 11.6 Å². The Morgan fingerprint density at radius 1 is 1.25 bits per heavy atom. The van der Waals surface area contributed by atoms with E-state index in [1.165, 1.54) is 0 Å². The van der Waals surface area contributed by atoms with Gasteiger partial charge < -0.3 is 5.73 Å². The van der Waals surface area contributed by atoms with E-state index in [4.69, 9.17) is 17.3 Å². The molecule has 0 fully saturated rings. The Hall–Kier alpha value is -1.46. The van der Waals surface area contributed by atoms with Gasteiger partial charge in [-0.1, -0.05) is 11.6 Å². The van der Waals surface area contributed by atoms with Gasteiger partial charge in [-0.25, -0.2) is 0 Å². The van der Waals surface area contributed by atoms with Gasteiger partial charge in [-0.05, 0) is 42.4 Å². The van der Waals surface area contributed by atoms with Gasteiger partial charge in [0.05, 0.1) is 6.54 Å². The van der Waals surface area contributed by atoms with E-state index in [2.05, 4.69) is 15.4 Å². The number of rotatable bonds is 4. The molecule has 0 radical (unpaired) electrons. The second-order valence-electron chi connectivity index (χ2n) is 3.36. The van der Waals surface area contributed by atoms with Crippen molar-refractivity contribution in [2.45, 2.75) is 13.0 Å². The van der Waals surface area contributed by atoms with Crippen LogP contribution in [0.2, 0.25) is 5.02 Å². The number of nitrogens with two attached hydrogens (primary N) is 1. The molecular weight excluding hydrogens is 226 g/mol. The van der Waals surface area contributed by atoms with Crippen molar-refractivity contribution in [3.8, 4) is 11.4 Å². The highest BCUT2D eigenvalue weighted by atomic mass is 35.5. The van der Waals surface area contributed by atoms with Crippen LogP contribution in [0.25, 0.3) is 11.4 Å². The van der Waals surface area contributed by atoms with E-state index < -0.39 is 0 Å². The molecule has 0 aliphatic heterocycles. The summed E-state index contributed by atoms with van der Waals surface area (Å²) < 4.78 is 0. The molecule has 0 spiro atoms. The van der Waals surface area contributed by atoms with Crippen molar-refractivity contribution in [3.05, 3.63) is 29.3 Å². The Balaban J connectivity index is 2.15. The first kappa shape index (κ1) is 11.0. The number of aromatic nitrogens is 4. The van der Waals surface area contributed by atoms with Gasteiger partial charge in [0, 0.05) is 10.6 Å². The SMILES string of the molecule is NCCCn1nnc(-c2ccc(Cl)cc2)n1. The predicted octanol–water partition coefficient (Wildman–Crippen LogP) is 1.34. The first-order valence-corrected chi connectivity index (χ1v) is 5.41. The van der Waals surface area contributed by atoms with E-state index in [0.29, 0.717) is 23.9 Å². The number of hydrogen-bond donors (Lipinski definition) is 1. The van der Waals surface area contributed by atoms with Crippen LogP contribution in [-0.2, 0) is 6.54 Å². The molecule has 84 valence electrons. The lowest BCUT2D eigenvalue weighted by atomic mass is 10.2. The maximum atomic E-state index is 5.80. The van der Waals surface area contributed by atoms with E-state index in [1.807, 2.05) is 12.1 Å². The van der Waals surface area contributed by atoms with Crippen LogP contribution in [0.15, 0.2) is 24.3 Å². The average molecular weight is 238 g/mol. The standard InChI is InChI=1S/C10H12ClN5/c11-9-4-2-8(3-5-9)10-13-15-16(14-10)7-1-6-12/h2-5H,1,6-7,12H2. The summed E-state index contributed by atoms with van der Waals surface area (Å²) in [6, 6.07) is 7.34. The fourth-order valence-corrected chi connectivity index (χ4v) is 1.41. The molecule has 5 nitrogen and oxygen atoms in total. The van der Waals surface area contributed by atoms with Gasteiger partial charge in [0.2, 0.25) is 5.82 Å². The van der Waals surface area contributed by atoms with Crippen LogP contribution in [0.4, 0.5) is 0 Å². The van der Waals surface area contributed by atoms with E-state index >= 15 is 0 Å². The molecule has 2 aromatic rings. The molecule has 2 N–H and O–H groups in total. The van der Waals surface area contributed by atoms with Crippen LogP contribution in [-0.4, -0.2) is 26.8 Å². The lowest BCUT2D eigenvalue weighted by molar-refractivity contribution is 0.504. The molecule has 16 heavy (non-hydrogen) atoms. The number of benzene rings is 1. The molecule has 0 saturated carbocycles. The van der Waals surface area contributed by atoms with Crippen LogP contribution in [0.5, 0.6) is 0 Å². The summed E-state index contributed by atoms with van der Waals surface area (Å²) in [4.78, 5) is 1.55. The zero-order chi connectivity index (χ0) is 11.4. The number of tetrazole rings is 1. The Labute approximate surface area is 98.2 Å². The molecule has 1 aromatic carbocycles. The molecule has 0 atom stereocenters. The topological polar surface area (TPSA) is 69.6 Å². The first-order valence-electron chi connectivity index (χ1n) is 5.03. The molecule has 0 unspecified atom stereocenters. The predicted molar refractivity (Wildman–Crippen MR) is 61.9 cm³/mol. The zero-order valence-corrected chi connectivity index (χ0v) is 9.43. The van der Waals surface area contributed by atoms with Crippen molar-refractivity contribution < 1.29 is 0 Å². The molecule has 1 aromatic heterocycles. The summed E-state index contributed by atoms with van der Waals surface area (Å²) in [6.07, 6.45) is 0.844. The van der Waals surface area contributed by atoms with E-state index in [-0.39, 0.29) is 0 Å². The Morgan fingerprint density at radius 2 is 2.00 bits per heavy atom. The third-order valence-electron chi connectivity index (χ3n) is 2.12. The van der Waals surface area contributed by atoms with Gasteiger partial charge in [-0.15, -0.1) is 10.2 Å². The Morgan fingerprint density at radius 3 is 2.69 bits per heavy atom. The number of halogens is 1. The fourth-order valence-electron chi connectivity index (χ4n) is 1.29. The van der Waals surface area contributed by atoms with Crippen molar-refractivity contribution in [2.24, 2.45) is 5.73 Å². The average Bonchev–Trinajstić information content (AvgIpc) is 2.76. The van der Waals surface area contributed by atoms with Crippen LogP contribution in [0.1, 0.15) is 6.42 Å². The van der Waals surface area contributed by atoms with Crippen molar-refractivity contribution >= 4 is 11.6 Å². The van der Waals surface area contributed by atoms with Gasteiger partial charge in [-0.2, -0.15) is 4.80 Å². The molecule has 1 heterocycles. The normalized spacial score (nSPS) is 10.6. The van der Waals surface area contributed by atoms with Gasteiger partial charge >= 0.3 is 0 Å². The minimum atomic E-state index is 0.605. The highest BCUT2D eigenvalue weighted by molar-refractivity contribution is 6.30. The summed E-state index contributed by atoms with van der Waals surface area (Å²) in [6.45, 7) is 1.31. The smallest absolute Gasteiger partial charge is 0.204 e. The highest BCUT2D eigenvalue weighted by Gasteiger charge is 2.04. The zero-order valence-electron chi connectivity index (χ0n) is 8.67. The third kappa shape index (κ3) is 2.56. The van der Waals surface area contributed by atoms with Crippen molar-refractivity contribution in [3.63, 3.8) is 0 Å². The second-order valence-corrected chi connectivity index (χ2v) is 3.79. The van der Waals surface area contributed by atoms with Crippen molar-refractivity contribution in [1.29, 1.82) is 0 Å². The summed E-state index contributed by atoms with van der Waals surface area (Å²) in [7, 11) is 0. The quantitative estimate of drug-likeness (QED) is 0.871. The monoisotopic (exact) mass is 237 g/mol.